The third kappa shape index (κ3) is 1.60. The molecule has 0 aliphatic carbocycles. The Labute approximate surface area is 116 Å². The molecule has 0 N–H and O–H groups in total. The molecule has 4 rings (SSSR count). The first-order chi connectivity index (χ1) is 9.83. The fourth-order valence-electron chi connectivity index (χ4n) is 2.57. The lowest BCUT2D eigenvalue weighted by atomic mass is 10.0. The molecule has 20 heavy (non-hydrogen) atoms. The molecule has 2 aromatic heterocycles. The molecule has 2 heterocycles. The highest BCUT2D eigenvalue weighted by atomic mass is 15.2. The lowest BCUT2D eigenvalue weighted by Gasteiger charge is -2.03. The van der Waals surface area contributed by atoms with Crippen molar-refractivity contribution < 1.29 is 0 Å². The number of rotatable bonds is 1. The number of aryl methyl sites for hydroxylation is 1. The van der Waals surface area contributed by atoms with E-state index in [-0.39, 0.29) is 0 Å². The van der Waals surface area contributed by atoms with Gasteiger partial charge in [0.2, 0.25) is 0 Å². The molecule has 0 atom stereocenters. The minimum Gasteiger partial charge on any atom is -0.236 e. The Morgan fingerprint density at radius 1 is 0.950 bits per heavy atom. The normalized spacial score (nSPS) is 11.2. The predicted octanol–water partition coefficient (Wildman–Crippen LogP) is 3.86. The van der Waals surface area contributed by atoms with E-state index in [0.717, 1.165) is 22.5 Å². The van der Waals surface area contributed by atoms with Crippen molar-refractivity contribution >= 4 is 16.4 Å². The van der Waals surface area contributed by atoms with E-state index in [2.05, 4.69) is 52.5 Å². The van der Waals surface area contributed by atoms with Crippen molar-refractivity contribution in [1.82, 2.24) is 14.6 Å². The third-order valence-electron chi connectivity index (χ3n) is 3.65. The highest BCUT2D eigenvalue weighted by Gasteiger charge is 2.09. The van der Waals surface area contributed by atoms with Crippen LogP contribution in [0.4, 0.5) is 0 Å². The van der Waals surface area contributed by atoms with Crippen LogP contribution in [0.2, 0.25) is 0 Å². The standard InChI is InChI=1S/C17H13N3/c1-12-8-9-18-17-16(11-19-20(12)17)15-7-6-13-4-2-3-5-14(13)10-15/h2-11H,1H3. The summed E-state index contributed by atoms with van der Waals surface area (Å²) >= 11 is 0. The lowest BCUT2D eigenvalue weighted by molar-refractivity contribution is 0.895. The summed E-state index contributed by atoms with van der Waals surface area (Å²) in [5.74, 6) is 0. The van der Waals surface area contributed by atoms with Crippen molar-refractivity contribution in [2.45, 2.75) is 6.92 Å². The van der Waals surface area contributed by atoms with Crippen molar-refractivity contribution in [2.24, 2.45) is 0 Å². The van der Waals surface area contributed by atoms with E-state index >= 15 is 0 Å². The average Bonchev–Trinajstić information content (AvgIpc) is 2.92. The molecule has 0 fully saturated rings. The minimum atomic E-state index is 0.903. The summed E-state index contributed by atoms with van der Waals surface area (Å²) < 4.78 is 1.88. The van der Waals surface area contributed by atoms with Crippen molar-refractivity contribution in [3.05, 3.63) is 66.6 Å². The Balaban J connectivity index is 1.99. The molecule has 3 heteroatoms. The molecule has 0 bridgehead atoms. The summed E-state index contributed by atoms with van der Waals surface area (Å²) in [6.45, 7) is 2.03. The van der Waals surface area contributed by atoms with Gasteiger partial charge in [-0.15, -0.1) is 0 Å². The molecule has 0 unspecified atom stereocenters. The van der Waals surface area contributed by atoms with Gasteiger partial charge in [0.25, 0.3) is 0 Å². The molecule has 0 saturated heterocycles. The number of fused-ring (bicyclic) bond motifs is 2. The summed E-state index contributed by atoms with van der Waals surface area (Å²) in [7, 11) is 0. The van der Waals surface area contributed by atoms with Crippen LogP contribution in [0, 0.1) is 6.92 Å². The second-order valence-corrected chi connectivity index (χ2v) is 4.94. The molecule has 0 spiro atoms. The van der Waals surface area contributed by atoms with Gasteiger partial charge in [0.15, 0.2) is 5.65 Å². The van der Waals surface area contributed by atoms with Crippen LogP contribution >= 0.6 is 0 Å². The second kappa shape index (κ2) is 4.17. The van der Waals surface area contributed by atoms with Gasteiger partial charge in [-0.2, -0.15) is 5.10 Å². The van der Waals surface area contributed by atoms with Gasteiger partial charge >= 0.3 is 0 Å². The molecule has 0 aliphatic rings. The summed E-state index contributed by atoms with van der Waals surface area (Å²) in [5.41, 5.74) is 4.21. The molecular formula is C17H13N3. The lowest BCUT2D eigenvalue weighted by Crippen LogP contribution is -1.94. The zero-order chi connectivity index (χ0) is 13.5. The van der Waals surface area contributed by atoms with Crippen LogP contribution in [-0.4, -0.2) is 14.6 Å². The van der Waals surface area contributed by atoms with E-state index in [9.17, 15) is 0 Å². The number of hydrogen-bond donors (Lipinski definition) is 0. The number of nitrogens with zero attached hydrogens (tertiary/aromatic N) is 3. The Morgan fingerprint density at radius 2 is 1.80 bits per heavy atom. The van der Waals surface area contributed by atoms with Gasteiger partial charge in [0, 0.05) is 17.5 Å². The molecule has 2 aromatic carbocycles. The van der Waals surface area contributed by atoms with Crippen molar-refractivity contribution in [1.29, 1.82) is 0 Å². The molecule has 4 aromatic rings. The van der Waals surface area contributed by atoms with E-state index in [4.69, 9.17) is 0 Å². The summed E-state index contributed by atoms with van der Waals surface area (Å²) in [6.07, 6.45) is 3.72. The third-order valence-corrected chi connectivity index (χ3v) is 3.65. The number of benzene rings is 2. The van der Waals surface area contributed by atoms with Gasteiger partial charge in [-0.25, -0.2) is 9.50 Å². The summed E-state index contributed by atoms with van der Waals surface area (Å²) in [6, 6.07) is 16.8. The van der Waals surface area contributed by atoms with Gasteiger partial charge in [-0.05, 0) is 35.4 Å². The maximum atomic E-state index is 4.46. The monoisotopic (exact) mass is 259 g/mol. The Bertz CT molecular complexity index is 922. The Kier molecular flexibility index (Phi) is 2.33. The van der Waals surface area contributed by atoms with E-state index in [0.29, 0.717) is 0 Å². The predicted molar refractivity (Wildman–Crippen MR) is 80.7 cm³/mol. The smallest absolute Gasteiger partial charge is 0.163 e. The molecule has 0 radical (unpaired) electrons. The number of hydrogen-bond acceptors (Lipinski definition) is 2. The van der Waals surface area contributed by atoms with Crippen LogP contribution in [0.1, 0.15) is 5.69 Å². The second-order valence-electron chi connectivity index (χ2n) is 4.94. The van der Waals surface area contributed by atoms with Gasteiger partial charge in [-0.1, -0.05) is 36.4 Å². The SMILES string of the molecule is Cc1ccnc2c(-c3ccc4ccccc4c3)cnn12. The molecule has 96 valence electrons. The first-order valence-electron chi connectivity index (χ1n) is 6.61. The van der Waals surface area contributed by atoms with Crippen LogP contribution in [-0.2, 0) is 0 Å². The Morgan fingerprint density at radius 3 is 2.70 bits per heavy atom. The maximum Gasteiger partial charge on any atom is 0.163 e. The fraction of sp³-hybridized carbons (Fsp3) is 0.0588. The van der Waals surface area contributed by atoms with Crippen molar-refractivity contribution in [3.8, 4) is 11.1 Å². The van der Waals surface area contributed by atoms with Gasteiger partial charge < -0.3 is 0 Å². The van der Waals surface area contributed by atoms with Gasteiger partial charge in [0.1, 0.15) is 0 Å². The highest BCUT2D eigenvalue weighted by molar-refractivity contribution is 5.89. The van der Waals surface area contributed by atoms with E-state index in [1.165, 1.54) is 10.8 Å². The maximum absolute atomic E-state index is 4.46. The molecule has 3 nitrogen and oxygen atoms in total. The Hall–Kier alpha value is -2.68. The van der Waals surface area contributed by atoms with Crippen LogP contribution in [0.25, 0.3) is 27.5 Å². The van der Waals surface area contributed by atoms with Crippen LogP contribution in [0.3, 0.4) is 0 Å². The fourth-order valence-corrected chi connectivity index (χ4v) is 2.57. The summed E-state index contributed by atoms with van der Waals surface area (Å²) in [4.78, 5) is 4.46. The van der Waals surface area contributed by atoms with Crippen molar-refractivity contribution in [3.63, 3.8) is 0 Å². The number of aromatic nitrogens is 3. The summed E-state index contributed by atoms with van der Waals surface area (Å²) in [5, 5.41) is 6.91. The van der Waals surface area contributed by atoms with Crippen molar-refractivity contribution in [2.75, 3.05) is 0 Å². The van der Waals surface area contributed by atoms with E-state index in [1.54, 1.807) is 0 Å². The molecule has 0 saturated carbocycles. The largest absolute Gasteiger partial charge is 0.236 e. The first kappa shape index (κ1) is 11.2. The van der Waals surface area contributed by atoms with Crippen LogP contribution in [0.15, 0.2) is 60.9 Å². The zero-order valence-corrected chi connectivity index (χ0v) is 11.1. The van der Waals surface area contributed by atoms with E-state index < -0.39 is 0 Å². The van der Waals surface area contributed by atoms with E-state index in [1.807, 2.05) is 29.9 Å². The highest BCUT2D eigenvalue weighted by Crippen LogP contribution is 2.27. The van der Waals surface area contributed by atoms with Crippen LogP contribution in [0.5, 0.6) is 0 Å². The molecular weight excluding hydrogens is 246 g/mol. The van der Waals surface area contributed by atoms with Gasteiger partial charge in [0.05, 0.1) is 6.20 Å². The first-order valence-corrected chi connectivity index (χ1v) is 6.61. The van der Waals surface area contributed by atoms with Crippen LogP contribution < -0.4 is 0 Å². The quantitative estimate of drug-likeness (QED) is 0.519. The zero-order valence-electron chi connectivity index (χ0n) is 11.1. The topological polar surface area (TPSA) is 30.2 Å². The average molecular weight is 259 g/mol. The van der Waals surface area contributed by atoms with Gasteiger partial charge in [-0.3, -0.25) is 0 Å². The molecule has 0 amide bonds. The minimum absolute atomic E-state index is 0.903. The molecule has 0 aliphatic heterocycles.